The largest absolute Gasteiger partial charge is 0.353 e. The molecule has 1 aliphatic heterocycles. The van der Waals surface area contributed by atoms with Crippen molar-refractivity contribution in [1.29, 1.82) is 0 Å². The molecule has 0 unspecified atom stereocenters. The number of allylic oxidation sites excluding steroid dienone is 1. The summed E-state index contributed by atoms with van der Waals surface area (Å²) in [6, 6.07) is 5.12. The molecule has 2 aromatic rings. The zero-order chi connectivity index (χ0) is 28.7. The highest BCUT2D eigenvalue weighted by molar-refractivity contribution is 5.80. The van der Waals surface area contributed by atoms with Crippen molar-refractivity contribution in [1.82, 2.24) is 9.97 Å². The molecule has 1 aromatic carbocycles. The van der Waals surface area contributed by atoms with E-state index in [4.69, 9.17) is 4.98 Å². The Morgan fingerprint density at radius 1 is 0.838 bits per heavy atom. The Labute approximate surface area is 231 Å². The molecule has 0 saturated carbocycles. The lowest BCUT2D eigenvalue weighted by molar-refractivity contribution is 0.497. The van der Waals surface area contributed by atoms with Crippen LogP contribution < -0.4 is 4.90 Å². The molecule has 3 heteroatoms. The fourth-order valence-corrected chi connectivity index (χ4v) is 5.46. The van der Waals surface area contributed by atoms with Crippen molar-refractivity contribution in [2.75, 3.05) is 11.4 Å². The molecule has 2 heterocycles. The van der Waals surface area contributed by atoms with Crippen LogP contribution in [0, 0.1) is 34.6 Å². The van der Waals surface area contributed by atoms with Crippen molar-refractivity contribution in [2.45, 2.75) is 141 Å². The zero-order valence-electron chi connectivity index (χ0n) is 27.0. The van der Waals surface area contributed by atoms with Gasteiger partial charge >= 0.3 is 0 Å². The predicted molar refractivity (Wildman–Crippen MR) is 168 cm³/mol. The van der Waals surface area contributed by atoms with Gasteiger partial charge in [0, 0.05) is 18.2 Å². The summed E-state index contributed by atoms with van der Waals surface area (Å²) >= 11 is 0. The fourth-order valence-electron chi connectivity index (χ4n) is 5.46. The van der Waals surface area contributed by atoms with Crippen molar-refractivity contribution >= 4 is 11.4 Å². The number of rotatable bonds is 6. The number of fused-ring (bicyclic) bond motifs is 1. The highest BCUT2D eigenvalue weighted by atomic mass is 15.2. The summed E-state index contributed by atoms with van der Waals surface area (Å²) in [5.41, 5.74) is 11.0. The Hall–Kier alpha value is -2.16. The molecule has 37 heavy (non-hydrogen) atoms. The minimum atomic E-state index is 0.612. The van der Waals surface area contributed by atoms with E-state index < -0.39 is 0 Å². The molecule has 0 N–H and O–H groups in total. The first-order chi connectivity index (χ1) is 17.6. The lowest BCUT2D eigenvalue weighted by Crippen LogP contribution is -2.40. The third-order valence-electron chi connectivity index (χ3n) is 6.84. The molecular weight excluding hydrogens is 450 g/mol. The summed E-state index contributed by atoms with van der Waals surface area (Å²) in [5.74, 6) is 2.07. The van der Waals surface area contributed by atoms with Crippen molar-refractivity contribution < 1.29 is 0 Å². The number of aromatic nitrogens is 2. The fraction of sp³-hybridized carbons (Fsp3) is 0.647. The number of nitrogens with zero attached hydrogens (tertiary/aromatic N) is 3. The van der Waals surface area contributed by atoms with Gasteiger partial charge in [0.1, 0.15) is 11.6 Å². The van der Waals surface area contributed by atoms with E-state index in [1.807, 2.05) is 34.6 Å². The van der Waals surface area contributed by atoms with Crippen LogP contribution in [0.5, 0.6) is 0 Å². The van der Waals surface area contributed by atoms with Crippen LogP contribution in [0.1, 0.15) is 134 Å². The Morgan fingerprint density at radius 2 is 1.35 bits per heavy atom. The molecule has 1 aromatic heterocycles. The van der Waals surface area contributed by atoms with Gasteiger partial charge in [0.15, 0.2) is 0 Å². The van der Waals surface area contributed by atoms with Gasteiger partial charge in [-0.2, -0.15) is 0 Å². The normalized spacial score (nSPS) is 12.0. The monoisotopic (exact) mass is 509 g/mol. The maximum absolute atomic E-state index is 4.85. The van der Waals surface area contributed by atoms with Gasteiger partial charge in [0.05, 0.1) is 5.69 Å². The summed E-state index contributed by atoms with van der Waals surface area (Å²) in [6.07, 6.45) is 7.23. The Kier molecular flexibility index (Phi) is 17.1. The second-order valence-electron chi connectivity index (χ2n) is 9.94. The van der Waals surface area contributed by atoms with Crippen LogP contribution in [0.25, 0.3) is 5.57 Å². The minimum absolute atomic E-state index is 0.612. The molecule has 0 fully saturated rings. The highest BCUT2D eigenvalue weighted by Gasteiger charge is 2.29. The van der Waals surface area contributed by atoms with E-state index in [-0.39, 0.29) is 0 Å². The quantitative estimate of drug-likeness (QED) is 0.388. The highest BCUT2D eigenvalue weighted by Crippen LogP contribution is 2.38. The van der Waals surface area contributed by atoms with Crippen molar-refractivity contribution in [3.05, 3.63) is 57.0 Å². The van der Waals surface area contributed by atoms with Crippen molar-refractivity contribution in [3.63, 3.8) is 0 Å². The number of anilines is 1. The lowest BCUT2D eigenvalue weighted by atomic mass is 9.91. The smallest absolute Gasteiger partial charge is 0.140 e. The second-order valence-corrected chi connectivity index (χ2v) is 9.94. The zero-order valence-corrected chi connectivity index (χ0v) is 27.0. The number of hydrogen-bond acceptors (Lipinski definition) is 3. The van der Waals surface area contributed by atoms with Gasteiger partial charge < -0.3 is 4.90 Å². The molecule has 0 saturated heterocycles. The van der Waals surface area contributed by atoms with Crippen molar-refractivity contribution in [2.24, 2.45) is 0 Å². The Morgan fingerprint density at radius 3 is 1.78 bits per heavy atom. The van der Waals surface area contributed by atoms with Gasteiger partial charge in [0.2, 0.25) is 0 Å². The van der Waals surface area contributed by atoms with E-state index in [9.17, 15) is 0 Å². The van der Waals surface area contributed by atoms with Crippen LogP contribution in [0.4, 0.5) is 5.82 Å². The molecule has 3 rings (SSSR count). The average Bonchev–Trinajstić information content (AvgIpc) is 2.85. The lowest BCUT2D eigenvalue weighted by Gasteiger charge is -2.39. The number of aryl methyl sites for hydroxylation is 5. The molecule has 0 spiro atoms. The first-order valence-electron chi connectivity index (χ1n) is 15.0. The molecule has 1 aliphatic rings. The summed E-state index contributed by atoms with van der Waals surface area (Å²) in [7, 11) is 0. The number of benzene rings is 1. The maximum Gasteiger partial charge on any atom is 0.140 e. The molecule has 0 amide bonds. The second kappa shape index (κ2) is 18.2. The van der Waals surface area contributed by atoms with Crippen LogP contribution in [-0.4, -0.2) is 22.6 Å². The van der Waals surface area contributed by atoms with E-state index in [0.717, 1.165) is 30.9 Å². The summed E-state index contributed by atoms with van der Waals surface area (Å²) < 4.78 is 0. The van der Waals surface area contributed by atoms with E-state index >= 15 is 0 Å². The van der Waals surface area contributed by atoms with Gasteiger partial charge in [-0.15, -0.1) is 0 Å². The first-order valence-corrected chi connectivity index (χ1v) is 15.0. The van der Waals surface area contributed by atoms with Crippen LogP contribution in [0.2, 0.25) is 0 Å². The SMILES string of the molecule is CC.CC.CCCC(CCC)N1CCC(=C(C)C)c2c(C)nc(C)nc21.CCc1c(C)cc(C)cc1C. The standard InChI is InChI=1S/C19H31N3.C11H16.2C2H6/c1-7-9-16(10-8-2)22-12-11-17(13(3)4)18-14(5)20-15(6)21-19(18)22;1-5-11-9(3)6-8(2)7-10(11)4;2*1-2/h16H,7-12H2,1-6H3;6-7H,5H2,1-4H3;2*1-2H3. The summed E-state index contributed by atoms with van der Waals surface area (Å²) in [4.78, 5) is 12.1. The molecular formula is C34H59N3. The minimum Gasteiger partial charge on any atom is -0.353 e. The summed E-state index contributed by atoms with van der Waals surface area (Å²) in [6.45, 7) is 31.0. The third-order valence-corrected chi connectivity index (χ3v) is 6.84. The van der Waals surface area contributed by atoms with Crippen molar-refractivity contribution in [3.8, 4) is 0 Å². The first kappa shape index (κ1) is 34.8. The Bertz CT molecular complexity index is 938. The van der Waals surface area contributed by atoms with Gasteiger partial charge in [-0.25, -0.2) is 9.97 Å². The van der Waals surface area contributed by atoms with Gasteiger partial charge in [-0.1, -0.05) is 84.6 Å². The van der Waals surface area contributed by atoms with E-state index in [1.54, 1.807) is 0 Å². The number of hydrogen-bond donors (Lipinski definition) is 0. The van der Waals surface area contributed by atoms with Crippen LogP contribution in [0.15, 0.2) is 17.7 Å². The average molecular weight is 510 g/mol. The van der Waals surface area contributed by atoms with Gasteiger partial charge in [0.25, 0.3) is 0 Å². The molecule has 3 nitrogen and oxygen atoms in total. The third kappa shape index (κ3) is 9.91. The van der Waals surface area contributed by atoms with E-state index in [2.05, 4.69) is 84.3 Å². The van der Waals surface area contributed by atoms with Crippen LogP contribution in [-0.2, 0) is 6.42 Å². The molecule has 0 radical (unpaired) electrons. The molecule has 210 valence electrons. The topological polar surface area (TPSA) is 29.0 Å². The van der Waals surface area contributed by atoms with E-state index in [1.165, 1.54) is 70.5 Å². The van der Waals surface area contributed by atoms with E-state index in [0.29, 0.717) is 6.04 Å². The molecule has 0 atom stereocenters. The molecule has 0 bridgehead atoms. The Balaban J connectivity index is 0.000000725. The van der Waals surface area contributed by atoms with Crippen LogP contribution in [0.3, 0.4) is 0 Å². The molecule has 0 aliphatic carbocycles. The maximum atomic E-state index is 4.85. The van der Waals surface area contributed by atoms with Gasteiger partial charge in [-0.3, -0.25) is 0 Å². The summed E-state index contributed by atoms with van der Waals surface area (Å²) in [5, 5.41) is 0. The van der Waals surface area contributed by atoms with Gasteiger partial charge in [-0.05, 0) is 96.4 Å². The predicted octanol–water partition coefficient (Wildman–Crippen LogP) is 10.3. The van der Waals surface area contributed by atoms with Crippen LogP contribution >= 0.6 is 0 Å².